The Bertz CT molecular complexity index is 226. The molecule has 1 rings (SSSR count). The molecule has 3 heteroatoms. The fourth-order valence-corrected chi connectivity index (χ4v) is 2.20. The van der Waals surface area contributed by atoms with Gasteiger partial charge in [0, 0.05) is 32.1 Å². The second kappa shape index (κ2) is 4.97. The van der Waals surface area contributed by atoms with E-state index >= 15 is 0 Å². The molecule has 3 nitrogen and oxygen atoms in total. The van der Waals surface area contributed by atoms with Crippen LogP contribution in [0.25, 0.3) is 0 Å². The standard InChI is InChI=1S/C12H24N2O/c1-8(2)11-7-14(10(5)15)12(6-13-11)9(3)4/h8-9,11-13H,6-7H2,1-5H3. The molecule has 2 atom stereocenters. The van der Waals surface area contributed by atoms with Gasteiger partial charge in [0.15, 0.2) is 0 Å². The van der Waals surface area contributed by atoms with E-state index in [1.165, 1.54) is 0 Å². The molecule has 1 saturated heterocycles. The van der Waals surface area contributed by atoms with Crippen LogP contribution in [0.2, 0.25) is 0 Å². The van der Waals surface area contributed by atoms with Gasteiger partial charge >= 0.3 is 0 Å². The molecule has 0 aliphatic carbocycles. The van der Waals surface area contributed by atoms with Gasteiger partial charge in [0.05, 0.1) is 0 Å². The Morgan fingerprint density at radius 3 is 2.27 bits per heavy atom. The van der Waals surface area contributed by atoms with Gasteiger partial charge in [-0.3, -0.25) is 4.79 Å². The summed E-state index contributed by atoms with van der Waals surface area (Å²) >= 11 is 0. The highest BCUT2D eigenvalue weighted by Crippen LogP contribution is 2.18. The topological polar surface area (TPSA) is 32.3 Å². The van der Waals surface area contributed by atoms with Crippen molar-refractivity contribution < 1.29 is 4.79 Å². The zero-order valence-electron chi connectivity index (χ0n) is 10.6. The zero-order chi connectivity index (χ0) is 11.6. The van der Waals surface area contributed by atoms with Gasteiger partial charge in [0.2, 0.25) is 5.91 Å². The summed E-state index contributed by atoms with van der Waals surface area (Å²) in [6.45, 7) is 12.2. The first kappa shape index (κ1) is 12.5. The van der Waals surface area contributed by atoms with E-state index < -0.39 is 0 Å². The number of carbonyl (C=O) groups is 1. The minimum absolute atomic E-state index is 0.209. The predicted molar refractivity (Wildman–Crippen MR) is 62.6 cm³/mol. The zero-order valence-corrected chi connectivity index (χ0v) is 10.6. The number of nitrogens with zero attached hydrogens (tertiary/aromatic N) is 1. The van der Waals surface area contributed by atoms with Gasteiger partial charge in [-0.1, -0.05) is 27.7 Å². The SMILES string of the molecule is CC(=O)N1CC(C(C)C)NCC1C(C)C. The summed E-state index contributed by atoms with van der Waals surface area (Å²) in [5.74, 6) is 1.32. The van der Waals surface area contributed by atoms with Crippen LogP contribution >= 0.6 is 0 Å². The van der Waals surface area contributed by atoms with Crippen LogP contribution in [-0.2, 0) is 4.79 Å². The van der Waals surface area contributed by atoms with E-state index in [2.05, 4.69) is 33.0 Å². The lowest BCUT2D eigenvalue weighted by atomic mass is 9.94. The fraction of sp³-hybridized carbons (Fsp3) is 0.917. The Morgan fingerprint density at radius 1 is 1.27 bits per heavy atom. The molecular weight excluding hydrogens is 188 g/mol. The number of hydrogen-bond acceptors (Lipinski definition) is 2. The van der Waals surface area contributed by atoms with E-state index in [0.29, 0.717) is 23.9 Å². The van der Waals surface area contributed by atoms with E-state index in [1.54, 1.807) is 6.92 Å². The smallest absolute Gasteiger partial charge is 0.219 e. The summed E-state index contributed by atoms with van der Waals surface area (Å²) in [7, 11) is 0. The third-order valence-corrected chi connectivity index (χ3v) is 3.36. The van der Waals surface area contributed by atoms with Gasteiger partial charge < -0.3 is 10.2 Å². The lowest BCUT2D eigenvalue weighted by Gasteiger charge is -2.43. The van der Waals surface area contributed by atoms with Gasteiger partial charge in [-0.15, -0.1) is 0 Å². The minimum Gasteiger partial charge on any atom is -0.337 e. The molecule has 0 radical (unpaired) electrons. The van der Waals surface area contributed by atoms with Crippen LogP contribution in [0.3, 0.4) is 0 Å². The molecule has 0 saturated carbocycles. The predicted octanol–water partition coefficient (Wildman–Crippen LogP) is 1.49. The Labute approximate surface area is 93.2 Å². The highest BCUT2D eigenvalue weighted by Gasteiger charge is 2.32. The van der Waals surface area contributed by atoms with Gasteiger partial charge in [-0.2, -0.15) is 0 Å². The molecule has 0 bridgehead atoms. The molecule has 1 fully saturated rings. The van der Waals surface area contributed by atoms with Crippen LogP contribution in [0.5, 0.6) is 0 Å². The summed E-state index contributed by atoms with van der Waals surface area (Å²) in [6.07, 6.45) is 0. The van der Waals surface area contributed by atoms with E-state index in [0.717, 1.165) is 13.1 Å². The minimum atomic E-state index is 0.209. The quantitative estimate of drug-likeness (QED) is 0.752. The van der Waals surface area contributed by atoms with Crippen molar-refractivity contribution in [3.63, 3.8) is 0 Å². The lowest BCUT2D eigenvalue weighted by Crippen LogP contribution is -2.60. The Balaban J connectivity index is 2.69. The molecule has 1 amide bonds. The normalized spacial score (nSPS) is 27.5. The van der Waals surface area contributed by atoms with Gasteiger partial charge in [0.1, 0.15) is 0 Å². The largest absolute Gasteiger partial charge is 0.337 e. The van der Waals surface area contributed by atoms with Crippen molar-refractivity contribution in [3.8, 4) is 0 Å². The molecule has 2 unspecified atom stereocenters. The van der Waals surface area contributed by atoms with Crippen LogP contribution in [0, 0.1) is 11.8 Å². The summed E-state index contributed by atoms with van der Waals surface area (Å²) in [6, 6.07) is 0.807. The first-order chi connectivity index (χ1) is 6.93. The summed E-state index contributed by atoms with van der Waals surface area (Å²) in [5, 5.41) is 3.54. The maximum Gasteiger partial charge on any atom is 0.219 e. The average Bonchev–Trinajstić information content (AvgIpc) is 2.16. The second-order valence-electron chi connectivity index (χ2n) is 5.24. The molecule has 1 aliphatic heterocycles. The van der Waals surface area contributed by atoms with Crippen LogP contribution in [-0.4, -0.2) is 36.0 Å². The number of nitrogens with one attached hydrogen (secondary N) is 1. The molecule has 0 spiro atoms. The molecule has 0 aromatic heterocycles. The van der Waals surface area contributed by atoms with Crippen LogP contribution in [0.1, 0.15) is 34.6 Å². The van der Waals surface area contributed by atoms with Crippen molar-refractivity contribution in [1.82, 2.24) is 10.2 Å². The molecule has 15 heavy (non-hydrogen) atoms. The molecule has 1 N–H and O–H groups in total. The Kier molecular flexibility index (Phi) is 4.14. The monoisotopic (exact) mass is 212 g/mol. The Morgan fingerprint density at radius 2 is 1.87 bits per heavy atom. The first-order valence-electron chi connectivity index (χ1n) is 5.94. The highest BCUT2D eigenvalue weighted by atomic mass is 16.2. The van der Waals surface area contributed by atoms with Crippen molar-refractivity contribution in [2.45, 2.75) is 46.7 Å². The molecule has 0 aromatic rings. The lowest BCUT2D eigenvalue weighted by molar-refractivity contribution is -0.134. The van der Waals surface area contributed by atoms with E-state index in [9.17, 15) is 4.79 Å². The van der Waals surface area contributed by atoms with Crippen molar-refractivity contribution >= 4 is 5.91 Å². The van der Waals surface area contributed by atoms with Crippen molar-refractivity contribution in [1.29, 1.82) is 0 Å². The second-order valence-corrected chi connectivity index (χ2v) is 5.24. The summed E-state index contributed by atoms with van der Waals surface area (Å²) < 4.78 is 0. The molecule has 1 aliphatic rings. The molecule has 1 heterocycles. The van der Waals surface area contributed by atoms with Gasteiger partial charge in [0.25, 0.3) is 0 Å². The van der Waals surface area contributed by atoms with Crippen LogP contribution < -0.4 is 5.32 Å². The number of rotatable bonds is 2. The average molecular weight is 212 g/mol. The maximum absolute atomic E-state index is 11.6. The molecule has 88 valence electrons. The summed E-state index contributed by atoms with van der Waals surface area (Å²) in [4.78, 5) is 13.6. The van der Waals surface area contributed by atoms with Crippen molar-refractivity contribution in [2.24, 2.45) is 11.8 Å². The maximum atomic E-state index is 11.6. The third kappa shape index (κ3) is 2.94. The Hall–Kier alpha value is -0.570. The van der Waals surface area contributed by atoms with Crippen LogP contribution in [0.15, 0.2) is 0 Å². The van der Waals surface area contributed by atoms with Crippen molar-refractivity contribution in [2.75, 3.05) is 13.1 Å². The summed E-state index contributed by atoms with van der Waals surface area (Å²) in [5.41, 5.74) is 0. The van der Waals surface area contributed by atoms with Gasteiger partial charge in [-0.25, -0.2) is 0 Å². The first-order valence-corrected chi connectivity index (χ1v) is 5.94. The third-order valence-electron chi connectivity index (χ3n) is 3.36. The highest BCUT2D eigenvalue weighted by molar-refractivity contribution is 5.73. The van der Waals surface area contributed by atoms with E-state index in [-0.39, 0.29) is 5.91 Å². The number of piperazine rings is 1. The number of amides is 1. The fourth-order valence-electron chi connectivity index (χ4n) is 2.20. The van der Waals surface area contributed by atoms with E-state index in [1.807, 2.05) is 4.90 Å². The number of carbonyl (C=O) groups excluding carboxylic acids is 1. The number of hydrogen-bond donors (Lipinski definition) is 1. The van der Waals surface area contributed by atoms with Crippen molar-refractivity contribution in [3.05, 3.63) is 0 Å². The molecular formula is C12H24N2O. The van der Waals surface area contributed by atoms with E-state index in [4.69, 9.17) is 0 Å². The molecule has 0 aromatic carbocycles. The van der Waals surface area contributed by atoms with Gasteiger partial charge in [-0.05, 0) is 11.8 Å². The van der Waals surface area contributed by atoms with Crippen LogP contribution in [0.4, 0.5) is 0 Å².